The molecule has 4 heteroatoms. The molecule has 12 heavy (non-hydrogen) atoms. The first kappa shape index (κ1) is 8.98. The maximum atomic E-state index is 12.5. The Bertz CT molecular complexity index is 343. The summed E-state index contributed by atoms with van der Waals surface area (Å²) >= 11 is 5.62. The van der Waals surface area contributed by atoms with Crippen LogP contribution in [0.4, 0.5) is 4.39 Å². The molecule has 0 atom stereocenters. The van der Waals surface area contributed by atoms with Gasteiger partial charge in [-0.2, -0.15) is 4.39 Å². The maximum Gasteiger partial charge on any atom is 0.214 e. The average Bonchev–Trinajstić information content (AvgIpc) is 2.07. The van der Waals surface area contributed by atoms with E-state index in [-0.39, 0.29) is 11.6 Å². The number of nitrogens with zero attached hydrogens (tertiary/aromatic N) is 1. The summed E-state index contributed by atoms with van der Waals surface area (Å²) in [6.45, 7) is -0.278. The van der Waals surface area contributed by atoms with Crippen molar-refractivity contribution in [2.45, 2.75) is 0 Å². The summed E-state index contributed by atoms with van der Waals surface area (Å²) < 4.78 is 12.5. The maximum absolute atomic E-state index is 12.5. The minimum atomic E-state index is -0.637. The summed E-state index contributed by atoms with van der Waals surface area (Å²) in [5, 5.41) is 8.64. The molecule has 0 amide bonds. The van der Waals surface area contributed by atoms with Gasteiger partial charge in [0.2, 0.25) is 5.95 Å². The van der Waals surface area contributed by atoms with Crippen LogP contribution in [0.1, 0.15) is 5.56 Å². The van der Waals surface area contributed by atoms with Gasteiger partial charge in [0.15, 0.2) is 0 Å². The molecule has 0 unspecified atom stereocenters. The Kier molecular flexibility index (Phi) is 3.03. The molecule has 0 bridgehead atoms. The molecule has 0 spiro atoms. The van der Waals surface area contributed by atoms with Gasteiger partial charge in [0.05, 0.1) is 5.02 Å². The quantitative estimate of drug-likeness (QED) is 0.487. The van der Waals surface area contributed by atoms with Gasteiger partial charge in [0.25, 0.3) is 0 Å². The SMILES string of the molecule is OCC#Cc1cc(F)ncc1Cl. The van der Waals surface area contributed by atoms with Crippen LogP contribution in [0.15, 0.2) is 12.3 Å². The average molecular weight is 186 g/mol. The van der Waals surface area contributed by atoms with Gasteiger partial charge in [-0.3, -0.25) is 0 Å². The van der Waals surface area contributed by atoms with E-state index in [1.54, 1.807) is 0 Å². The molecule has 62 valence electrons. The lowest BCUT2D eigenvalue weighted by atomic mass is 10.3. The number of aliphatic hydroxyl groups excluding tert-OH is 1. The monoisotopic (exact) mass is 185 g/mol. The van der Waals surface area contributed by atoms with Crippen molar-refractivity contribution in [3.63, 3.8) is 0 Å². The van der Waals surface area contributed by atoms with Crippen LogP contribution in [-0.4, -0.2) is 16.7 Å². The summed E-state index contributed by atoms with van der Waals surface area (Å²) in [7, 11) is 0. The van der Waals surface area contributed by atoms with E-state index in [0.29, 0.717) is 5.56 Å². The van der Waals surface area contributed by atoms with Gasteiger partial charge in [0.1, 0.15) is 6.61 Å². The molecule has 2 nitrogen and oxygen atoms in total. The molecule has 1 N–H and O–H groups in total. The predicted octanol–water partition coefficient (Wildman–Crippen LogP) is 1.22. The van der Waals surface area contributed by atoms with Crippen LogP contribution in [0, 0.1) is 17.8 Å². The van der Waals surface area contributed by atoms with Crippen molar-refractivity contribution in [2.24, 2.45) is 0 Å². The predicted molar refractivity (Wildman–Crippen MR) is 43.2 cm³/mol. The molecule has 0 aliphatic rings. The molecule has 0 fully saturated rings. The lowest BCUT2D eigenvalue weighted by Gasteiger charge is -1.93. The number of pyridine rings is 1. The van der Waals surface area contributed by atoms with E-state index in [4.69, 9.17) is 16.7 Å². The highest BCUT2D eigenvalue weighted by atomic mass is 35.5. The van der Waals surface area contributed by atoms with Crippen molar-refractivity contribution in [2.75, 3.05) is 6.61 Å². The van der Waals surface area contributed by atoms with Crippen LogP contribution in [-0.2, 0) is 0 Å². The van der Waals surface area contributed by atoms with Crippen molar-refractivity contribution in [3.8, 4) is 11.8 Å². The van der Waals surface area contributed by atoms with E-state index in [1.807, 2.05) is 0 Å². The van der Waals surface area contributed by atoms with Crippen LogP contribution < -0.4 is 0 Å². The Morgan fingerprint density at radius 3 is 3.08 bits per heavy atom. The van der Waals surface area contributed by atoms with Crippen molar-refractivity contribution >= 4 is 11.6 Å². The minimum Gasteiger partial charge on any atom is -0.384 e. The third-order valence-electron chi connectivity index (χ3n) is 1.12. The number of hydrogen-bond acceptors (Lipinski definition) is 2. The second-order valence-electron chi connectivity index (χ2n) is 1.95. The molecule has 1 aromatic heterocycles. The Morgan fingerprint density at radius 2 is 2.42 bits per heavy atom. The molecule has 0 saturated carbocycles. The number of halogens is 2. The summed E-state index contributed by atoms with van der Waals surface area (Å²) in [4.78, 5) is 3.32. The van der Waals surface area contributed by atoms with Crippen LogP contribution in [0.5, 0.6) is 0 Å². The van der Waals surface area contributed by atoms with E-state index >= 15 is 0 Å². The van der Waals surface area contributed by atoms with Gasteiger partial charge in [-0.1, -0.05) is 23.4 Å². The highest BCUT2D eigenvalue weighted by Gasteiger charge is 1.98. The highest BCUT2D eigenvalue weighted by molar-refractivity contribution is 6.31. The normalized spacial score (nSPS) is 8.92. The minimum absolute atomic E-state index is 0.275. The molecule has 1 aromatic rings. The van der Waals surface area contributed by atoms with Crippen molar-refractivity contribution in [1.82, 2.24) is 4.98 Å². The first-order valence-corrected chi connectivity index (χ1v) is 3.52. The van der Waals surface area contributed by atoms with Gasteiger partial charge < -0.3 is 5.11 Å². The summed E-state index contributed by atoms with van der Waals surface area (Å²) in [5.74, 6) is 4.21. The van der Waals surface area contributed by atoms with Gasteiger partial charge in [-0.25, -0.2) is 4.98 Å². The van der Waals surface area contributed by atoms with Gasteiger partial charge in [-0.15, -0.1) is 0 Å². The first-order valence-electron chi connectivity index (χ1n) is 3.15. The zero-order valence-electron chi connectivity index (χ0n) is 6.01. The lowest BCUT2D eigenvalue weighted by Crippen LogP contribution is -1.85. The van der Waals surface area contributed by atoms with E-state index in [1.165, 1.54) is 6.20 Å². The molecular formula is C8H5ClFNO. The molecule has 0 saturated heterocycles. The zero-order valence-corrected chi connectivity index (χ0v) is 6.77. The van der Waals surface area contributed by atoms with Crippen LogP contribution >= 0.6 is 11.6 Å². The molecule has 0 aliphatic carbocycles. The summed E-state index contributed by atoms with van der Waals surface area (Å²) in [6, 6.07) is 1.12. The second-order valence-corrected chi connectivity index (χ2v) is 2.35. The fraction of sp³-hybridized carbons (Fsp3) is 0.125. The third kappa shape index (κ3) is 2.19. The van der Waals surface area contributed by atoms with Gasteiger partial charge >= 0.3 is 0 Å². The van der Waals surface area contributed by atoms with Crippen molar-refractivity contribution < 1.29 is 9.50 Å². The molecular weight excluding hydrogens is 181 g/mol. The van der Waals surface area contributed by atoms with Crippen molar-refractivity contribution in [3.05, 3.63) is 28.8 Å². The summed E-state index contributed by atoms with van der Waals surface area (Å²) in [6.07, 6.45) is 1.18. The number of aliphatic hydroxyl groups is 1. The first-order chi connectivity index (χ1) is 5.74. The molecule has 0 aliphatic heterocycles. The van der Waals surface area contributed by atoms with Gasteiger partial charge in [0, 0.05) is 17.8 Å². The number of hydrogen-bond donors (Lipinski definition) is 1. The van der Waals surface area contributed by atoms with Gasteiger partial charge in [-0.05, 0) is 0 Å². The Morgan fingerprint density at radius 1 is 1.67 bits per heavy atom. The largest absolute Gasteiger partial charge is 0.384 e. The Labute approximate surface area is 74.0 Å². The Hall–Kier alpha value is -1.11. The van der Waals surface area contributed by atoms with E-state index < -0.39 is 5.95 Å². The Balaban J connectivity index is 3.05. The fourth-order valence-corrected chi connectivity index (χ4v) is 0.794. The highest BCUT2D eigenvalue weighted by Crippen LogP contribution is 2.13. The second kappa shape index (κ2) is 4.05. The topological polar surface area (TPSA) is 33.1 Å². The smallest absolute Gasteiger partial charge is 0.214 e. The number of rotatable bonds is 0. The molecule has 0 radical (unpaired) electrons. The van der Waals surface area contributed by atoms with E-state index in [9.17, 15) is 4.39 Å². The number of aromatic nitrogens is 1. The van der Waals surface area contributed by atoms with E-state index in [2.05, 4.69) is 16.8 Å². The van der Waals surface area contributed by atoms with E-state index in [0.717, 1.165) is 6.07 Å². The van der Waals surface area contributed by atoms with Crippen LogP contribution in [0.25, 0.3) is 0 Å². The fourth-order valence-electron chi connectivity index (χ4n) is 0.644. The third-order valence-corrected chi connectivity index (χ3v) is 1.43. The molecule has 1 heterocycles. The van der Waals surface area contributed by atoms with Crippen LogP contribution in [0.3, 0.4) is 0 Å². The summed E-state index contributed by atoms with van der Waals surface area (Å²) in [5.41, 5.74) is 0.332. The molecule has 0 aromatic carbocycles. The van der Waals surface area contributed by atoms with Crippen molar-refractivity contribution in [1.29, 1.82) is 0 Å². The molecule has 1 rings (SSSR count). The van der Waals surface area contributed by atoms with Crippen LogP contribution in [0.2, 0.25) is 5.02 Å². The zero-order chi connectivity index (χ0) is 8.97. The lowest BCUT2D eigenvalue weighted by molar-refractivity contribution is 0.350. The standard InChI is InChI=1S/C8H5ClFNO/c9-7-5-11-8(10)4-6(7)2-1-3-12/h4-5,12H,3H2.